The van der Waals surface area contributed by atoms with Crippen LogP contribution in [0.4, 0.5) is 0 Å². The van der Waals surface area contributed by atoms with E-state index in [0.717, 1.165) is 38.1 Å². The molecule has 0 radical (unpaired) electrons. The first-order valence-corrected chi connectivity index (χ1v) is 7.80. The van der Waals surface area contributed by atoms with E-state index in [1.165, 1.54) is 11.3 Å². The predicted octanol–water partition coefficient (Wildman–Crippen LogP) is 2.38. The number of aromatic nitrogens is 3. The van der Waals surface area contributed by atoms with E-state index in [-0.39, 0.29) is 11.9 Å². The van der Waals surface area contributed by atoms with Gasteiger partial charge in [0.15, 0.2) is 5.82 Å². The Morgan fingerprint density at radius 1 is 1.40 bits per heavy atom. The van der Waals surface area contributed by atoms with Gasteiger partial charge in [-0.05, 0) is 25.7 Å². The number of likely N-dealkylation sites (tertiary alicyclic amines) is 1. The zero-order valence-corrected chi connectivity index (χ0v) is 11.7. The molecule has 0 N–H and O–H groups in total. The maximum absolute atomic E-state index is 12.4. The van der Waals surface area contributed by atoms with Crippen molar-refractivity contribution < 1.29 is 9.32 Å². The molecule has 2 aliphatic rings. The van der Waals surface area contributed by atoms with Gasteiger partial charge < -0.3 is 9.42 Å². The van der Waals surface area contributed by atoms with E-state index in [9.17, 15) is 4.79 Å². The van der Waals surface area contributed by atoms with Crippen LogP contribution < -0.4 is 0 Å². The first kappa shape index (κ1) is 12.0. The molecule has 6 nitrogen and oxygen atoms in total. The van der Waals surface area contributed by atoms with Gasteiger partial charge in [-0.15, -0.1) is 11.3 Å². The highest BCUT2D eigenvalue weighted by Gasteiger charge is 2.36. The molecular weight excluding hydrogens is 276 g/mol. The Morgan fingerprint density at radius 3 is 3.05 bits per heavy atom. The van der Waals surface area contributed by atoms with Crippen LogP contribution in [0.15, 0.2) is 15.4 Å². The van der Waals surface area contributed by atoms with Crippen molar-refractivity contribution in [3.05, 3.63) is 28.3 Å². The summed E-state index contributed by atoms with van der Waals surface area (Å²) >= 11 is 1.43. The molecule has 1 saturated heterocycles. The van der Waals surface area contributed by atoms with Gasteiger partial charge in [0.05, 0.1) is 11.6 Å². The van der Waals surface area contributed by atoms with Gasteiger partial charge in [0.2, 0.25) is 5.89 Å². The third-order valence-corrected chi connectivity index (χ3v) is 4.43. The summed E-state index contributed by atoms with van der Waals surface area (Å²) in [5, 5.41) is 5.86. The van der Waals surface area contributed by atoms with E-state index >= 15 is 0 Å². The monoisotopic (exact) mass is 290 g/mol. The summed E-state index contributed by atoms with van der Waals surface area (Å²) in [7, 11) is 0. The van der Waals surface area contributed by atoms with Gasteiger partial charge in [-0.2, -0.15) is 4.98 Å². The second-order valence-corrected chi connectivity index (χ2v) is 6.01. The fourth-order valence-corrected chi connectivity index (χ4v) is 3.15. The molecule has 1 saturated carbocycles. The van der Waals surface area contributed by atoms with Gasteiger partial charge in [0, 0.05) is 17.8 Å². The highest BCUT2D eigenvalue weighted by Crippen LogP contribution is 2.40. The first-order chi connectivity index (χ1) is 9.83. The van der Waals surface area contributed by atoms with Crippen LogP contribution in [0.3, 0.4) is 0 Å². The highest BCUT2D eigenvalue weighted by molar-refractivity contribution is 7.07. The molecule has 1 atom stereocenters. The Balaban J connectivity index is 1.58. The van der Waals surface area contributed by atoms with Crippen molar-refractivity contribution in [3.8, 4) is 0 Å². The minimum Gasteiger partial charge on any atom is -0.339 e. The average molecular weight is 290 g/mol. The fourth-order valence-electron chi connectivity index (χ4n) is 2.62. The first-order valence-electron chi connectivity index (χ1n) is 6.85. The summed E-state index contributed by atoms with van der Waals surface area (Å²) < 4.78 is 5.31. The maximum atomic E-state index is 12.4. The number of hydrogen-bond donors (Lipinski definition) is 0. The molecule has 0 unspecified atom stereocenters. The molecule has 20 heavy (non-hydrogen) atoms. The van der Waals surface area contributed by atoms with Crippen LogP contribution in [0.2, 0.25) is 0 Å². The third-order valence-electron chi connectivity index (χ3n) is 3.85. The molecule has 104 valence electrons. The molecule has 1 aliphatic heterocycles. The van der Waals surface area contributed by atoms with Crippen molar-refractivity contribution in [1.29, 1.82) is 0 Å². The van der Waals surface area contributed by atoms with E-state index in [0.29, 0.717) is 17.4 Å². The molecule has 0 aromatic carbocycles. The molecule has 0 bridgehead atoms. The van der Waals surface area contributed by atoms with E-state index in [4.69, 9.17) is 4.52 Å². The Bertz CT molecular complexity index is 620. The van der Waals surface area contributed by atoms with Gasteiger partial charge in [0.1, 0.15) is 5.69 Å². The number of thiazole rings is 1. The lowest BCUT2D eigenvalue weighted by Gasteiger charge is -2.21. The van der Waals surface area contributed by atoms with Crippen LogP contribution in [0, 0.1) is 0 Å². The number of nitrogens with zero attached hydrogens (tertiary/aromatic N) is 4. The van der Waals surface area contributed by atoms with Gasteiger partial charge in [-0.3, -0.25) is 4.79 Å². The highest BCUT2D eigenvalue weighted by atomic mass is 32.1. The standard InChI is InChI=1S/C13H14N4O2S/c18-13(9-6-20-7-14-9)17-5-1-2-10(17)11-15-12(19-16-11)8-3-4-8/h6-8,10H,1-5H2/t10-/m1/s1. The molecule has 2 aromatic heterocycles. The second kappa shape index (κ2) is 4.66. The lowest BCUT2D eigenvalue weighted by molar-refractivity contribution is 0.0723. The van der Waals surface area contributed by atoms with Crippen LogP contribution >= 0.6 is 11.3 Å². The van der Waals surface area contributed by atoms with E-state index < -0.39 is 0 Å². The predicted molar refractivity (Wildman–Crippen MR) is 71.4 cm³/mol. The minimum absolute atomic E-state index is 0.0356. The molecule has 1 amide bonds. The fraction of sp³-hybridized carbons (Fsp3) is 0.538. The Hall–Kier alpha value is -1.76. The summed E-state index contributed by atoms with van der Waals surface area (Å²) in [6.45, 7) is 0.730. The number of hydrogen-bond acceptors (Lipinski definition) is 6. The van der Waals surface area contributed by atoms with E-state index in [1.54, 1.807) is 10.9 Å². The molecule has 1 aliphatic carbocycles. The molecule has 0 spiro atoms. The smallest absolute Gasteiger partial charge is 0.273 e. The summed E-state index contributed by atoms with van der Waals surface area (Å²) in [6, 6.07) is -0.0690. The Kier molecular flexibility index (Phi) is 2.80. The van der Waals surface area contributed by atoms with Crippen molar-refractivity contribution in [1.82, 2.24) is 20.0 Å². The normalized spacial score (nSPS) is 22.4. The van der Waals surface area contributed by atoms with Crippen molar-refractivity contribution in [2.45, 2.75) is 37.6 Å². The van der Waals surface area contributed by atoms with Crippen molar-refractivity contribution in [2.75, 3.05) is 6.54 Å². The topological polar surface area (TPSA) is 72.1 Å². The Labute approximate surface area is 119 Å². The number of rotatable bonds is 3. The zero-order chi connectivity index (χ0) is 13.5. The largest absolute Gasteiger partial charge is 0.339 e. The van der Waals surface area contributed by atoms with Crippen LogP contribution in [0.25, 0.3) is 0 Å². The van der Waals surface area contributed by atoms with E-state index in [2.05, 4.69) is 15.1 Å². The van der Waals surface area contributed by atoms with Gasteiger partial charge in [-0.1, -0.05) is 5.16 Å². The zero-order valence-electron chi connectivity index (χ0n) is 10.9. The van der Waals surface area contributed by atoms with Crippen molar-refractivity contribution in [3.63, 3.8) is 0 Å². The van der Waals surface area contributed by atoms with Crippen LogP contribution in [0.1, 0.15) is 59.8 Å². The van der Waals surface area contributed by atoms with Crippen LogP contribution in [-0.4, -0.2) is 32.5 Å². The van der Waals surface area contributed by atoms with Crippen LogP contribution in [-0.2, 0) is 0 Å². The summed E-state index contributed by atoms with van der Waals surface area (Å²) in [4.78, 5) is 22.8. The lowest BCUT2D eigenvalue weighted by atomic mass is 10.2. The molecule has 7 heteroatoms. The molecule has 2 aromatic rings. The SMILES string of the molecule is O=C(c1cscn1)N1CCC[C@@H]1c1noc(C2CC2)n1. The Morgan fingerprint density at radius 2 is 2.30 bits per heavy atom. The molecule has 4 rings (SSSR count). The summed E-state index contributed by atoms with van der Waals surface area (Å²) in [5.74, 6) is 1.79. The minimum atomic E-state index is -0.0690. The molecule has 3 heterocycles. The van der Waals surface area contributed by atoms with Crippen LogP contribution in [0.5, 0.6) is 0 Å². The number of carbonyl (C=O) groups excluding carboxylic acids is 1. The van der Waals surface area contributed by atoms with Crippen molar-refractivity contribution >= 4 is 17.2 Å². The average Bonchev–Trinajstić information content (AvgIpc) is 2.97. The van der Waals surface area contributed by atoms with E-state index in [1.807, 2.05) is 4.90 Å². The quantitative estimate of drug-likeness (QED) is 0.867. The maximum Gasteiger partial charge on any atom is 0.273 e. The third kappa shape index (κ3) is 2.02. The lowest BCUT2D eigenvalue weighted by Crippen LogP contribution is -2.31. The van der Waals surface area contributed by atoms with Gasteiger partial charge in [-0.25, -0.2) is 4.98 Å². The number of carbonyl (C=O) groups is 1. The van der Waals surface area contributed by atoms with Gasteiger partial charge in [0.25, 0.3) is 5.91 Å². The van der Waals surface area contributed by atoms with Crippen molar-refractivity contribution in [2.24, 2.45) is 0 Å². The number of amides is 1. The summed E-state index contributed by atoms with van der Waals surface area (Å²) in [6.07, 6.45) is 4.12. The molecule has 2 fully saturated rings. The van der Waals surface area contributed by atoms with Gasteiger partial charge >= 0.3 is 0 Å². The second-order valence-electron chi connectivity index (χ2n) is 5.30. The summed E-state index contributed by atoms with van der Waals surface area (Å²) in [5.41, 5.74) is 2.19. The molecular formula is C13H14N4O2S.